The molecule has 0 radical (unpaired) electrons. The second kappa shape index (κ2) is 6.99. The summed E-state index contributed by atoms with van der Waals surface area (Å²) >= 11 is 6.20. The number of hydrogen-bond donors (Lipinski definition) is 2. The number of aromatic nitrogens is 1. The van der Waals surface area contributed by atoms with Crippen molar-refractivity contribution in [2.75, 3.05) is 11.9 Å². The van der Waals surface area contributed by atoms with Crippen molar-refractivity contribution in [3.05, 3.63) is 64.3 Å². The van der Waals surface area contributed by atoms with Crippen LogP contribution in [0.3, 0.4) is 0 Å². The van der Waals surface area contributed by atoms with Crippen LogP contribution in [0.25, 0.3) is 10.9 Å². The molecule has 0 fully saturated rings. The molecule has 2 aromatic carbocycles. The predicted octanol–water partition coefficient (Wildman–Crippen LogP) is 4.23. The highest BCUT2D eigenvalue weighted by atomic mass is 35.5. The number of aromatic amines is 1. The maximum atomic E-state index is 12.2. The van der Waals surface area contributed by atoms with Crippen molar-refractivity contribution in [2.45, 2.75) is 13.8 Å². The number of esters is 1. The van der Waals surface area contributed by atoms with Crippen LogP contribution in [0.15, 0.2) is 42.5 Å². The summed E-state index contributed by atoms with van der Waals surface area (Å²) in [5.41, 5.74) is 3.62. The van der Waals surface area contributed by atoms with E-state index in [2.05, 4.69) is 10.3 Å². The molecule has 1 heterocycles. The number of H-pyrrole nitrogens is 1. The van der Waals surface area contributed by atoms with Gasteiger partial charge in [-0.15, -0.1) is 0 Å². The Morgan fingerprint density at radius 2 is 1.88 bits per heavy atom. The third-order valence-electron chi connectivity index (χ3n) is 4.06. The number of aryl methyl sites for hydroxylation is 1. The number of rotatable bonds is 4. The van der Waals surface area contributed by atoms with Crippen LogP contribution in [0.1, 0.15) is 21.6 Å². The smallest absolute Gasteiger partial charge is 0.356 e. The third kappa shape index (κ3) is 3.51. The molecule has 0 atom stereocenters. The van der Waals surface area contributed by atoms with Crippen molar-refractivity contribution in [2.24, 2.45) is 0 Å². The van der Waals surface area contributed by atoms with E-state index in [1.165, 1.54) is 0 Å². The zero-order valence-electron chi connectivity index (χ0n) is 13.9. The van der Waals surface area contributed by atoms with Crippen LogP contribution in [-0.4, -0.2) is 23.5 Å². The number of anilines is 1. The molecule has 25 heavy (non-hydrogen) atoms. The first kappa shape index (κ1) is 17.0. The number of amides is 1. The largest absolute Gasteiger partial charge is 0.451 e. The first-order valence-corrected chi connectivity index (χ1v) is 8.14. The van der Waals surface area contributed by atoms with E-state index >= 15 is 0 Å². The number of ether oxygens (including phenoxy) is 1. The molecular formula is C19H17ClN2O3. The first-order chi connectivity index (χ1) is 12.0. The average molecular weight is 357 g/mol. The van der Waals surface area contributed by atoms with Crippen LogP contribution in [0.4, 0.5) is 5.69 Å². The number of fused-ring (bicyclic) bond motifs is 1. The standard InChI is InChI=1S/C19H17ClN2O3/c1-11-6-5-9-14(12(11)2)21-16(23)10-25-19(24)18-17(20)13-7-3-4-8-15(13)22-18/h3-9,22H,10H2,1-2H3,(H,21,23). The van der Waals surface area contributed by atoms with Crippen molar-refractivity contribution < 1.29 is 14.3 Å². The molecule has 1 amide bonds. The highest BCUT2D eigenvalue weighted by Gasteiger charge is 2.18. The van der Waals surface area contributed by atoms with Crippen molar-refractivity contribution >= 4 is 40.1 Å². The van der Waals surface area contributed by atoms with Gasteiger partial charge in [-0.2, -0.15) is 0 Å². The van der Waals surface area contributed by atoms with Crippen LogP contribution in [0.2, 0.25) is 5.02 Å². The number of para-hydroxylation sites is 1. The summed E-state index contributed by atoms with van der Waals surface area (Å²) < 4.78 is 5.08. The van der Waals surface area contributed by atoms with Crippen LogP contribution in [0, 0.1) is 13.8 Å². The summed E-state index contributed by atoms with van der Waals surface area (Å²) in [4.78, 5) is 27.1. The zero-order valence-corrected chi connectivity index (χ0v) is 14.6. The Hall–Kier alpha value is -2.79. The SMILES string of the molecule is Cc1cccc(NC(=O)COC(=O)c2[nH]c3ccccc3c2Cl)c1C. The van der Waals surface area contributed by atoms with E-state index in [-0.39, 0.29) is 10.7 Å². The lowest BCUT2D eigenvalue weighted by Gasteiger charge is -2.10. The summed E-state index contributed by atoms with van der Waals surface area (Å²) in [6.07, 6.45) is 0. The molecule has 0 aliphatic rings. The zero-order chi connectivity index (χ0) is 18.0. The van der Waals surface area contributed by atoms with Crippen LogP contribution >= 0.6 is 11.6 Å². The number of benzene rings is 2. The van der Waals surface area contributed by atoms with Crippen molar-refractivity contribution in [3.8, 4) is 0 Å². The van der Waals surface area contributed by atoms with Crippen LogP contribution in [-0.2, 0) is 9.53 Å². The summed E-state index contributed by atoms with van der Waals surface area (Å²) in [6, 6.07) is 12.9. The number of hydrogen-bond acceptors (Lipinski definition) is 3. The fraction of sp³-hybridized carbons (Fsp3) is 0.158. The summed E-state index contributed by atoms with van der Waals surface area (Å²) in [7, 11) is 0. The molecule has 2 N–H and O–H groups in total. The predicted molar refractivity (Wildman–Crippen MR) is 98.1 cm³/mol. The van der Waals surface area contributed by atoms with Gasteiger partial charge in [0.2, 0.25) is 0 Å². The minimum absolute atomic E-state index is 0.141. The van der Waals surface area contributed by atoms with E-state index in [1.54, 1.807) is 12.1 Å². The van der Waals surface area contributed by atoms with E-state index in [4.69, 9.17) is 16.3 Å². The monoisotopic (exact) mass is 356 g/mol. The molecule has 0 unspecified atom stereocenters. The second-order valence-electron chi connectivity index (χ2n) is 5.73. The Morgan fingerprint density at radius 1 is 1.12 bits per heavy atom. The molecule has 128 valence electrons. The molecule has 3 aromatic rings. The van der Waals surface area contributed by atoms with Gasteiger partial charge in [-0.1, -0.05) is 41.9 Å². The molecular weight excluding hydrogens is 340 g/mol. The molecule has 0 saturated heterocycles. The van der Waals surface area contributed by atoms with Crippen LogP contribution in [0.5, 0.6) is 0 Å². The Morgan fingerprint density at radius 3 is 2.64 bits per heavy atom. The normalized spacial score (nSPS) is 10.7. The summed E-state index contributed by atoms with van der Waals surface area (Å²) in [5, 5.41) is 3.76. The minimum atomic E-state index is -0.669. The van der Waals surface area contributed by atoms with Gasteiger partial charge in [0, 0.05) is 16.6 Å². The van der Waals surface area contributed by atoms with Gasteiger partial charge in [-0.05, 0) is 37.1 Å². The number of nitrogens with one attached hydrogen (secondary N) is 2. The lowest BCUT2D eigenvalue weighted by atomic mass is 10.1. The van der Waals surface area contributed by atoms with Crippen molar-refractivity contribution in [1.29, 1.82) is 0 Å². The fourth-order valence-electron chi connectivity index (χ4n) is 2.52. The third-order valence-corrected chi connectivity index (χ3v) is 4.45. The first-order valence-electron chi connectivity index (χ1n) is 7.76. The molecule has 0 aliphatic carbocycles. The lowest BCUT2D eigenvalue weighted by molar-refractivity contribution is -0.119. The molecule has 0 saturated carbocycles. The maximum Gasteiger partial charge on any atom is 0.356 e. The topological polar surface area (TPSA) is 71.2 Å². The highest BCUT2D eigenvalue weighted by molar-refractivity contribution is 6.38. The van der Waals surface area contributed by atoms with E-state index < -0.39 is 18.5 Å². The van der Waals surface area contributed by atoms with E-state index in [0.29, 0.717) is 5.69 Å². The van der Waals surface area contributed by atoms with E-state index in [0.717, 1.165) is 22.0 Å². The van der Waals surface area contributed by atoms with Gasteiger partial charge in [-0.25, -0.2) is 4.79 Å². The summed E-state index contributed by atoms with van der Waals surface area (Å²) in [6.45, 7) is 3.49. The van der Waals surface area contributed by atoms with Crippen LogP contribution < -0.4 is 5.32 Å². The molecule has 6 heteroatoms. The fourth-order valence-corrected chi connectivity index (χ4v) is 2.81. The number of carbonyl (C=O) groups is 2. The minimum Gasteiger partial charge on any atom is -0.451 e. The van der Waals surface area contributed by atoms with Gasteiger partial charge >= 0.3 is 5.97 Å². The van der Waals surface area contributed by atoms with Gasteiger partial charge in [0.1, 0.15) is 5.69 Å². The molecule has 1 aromatic heterocycles. The van der Waals surface area contributed by atoms with E-state index in [9.17, 15) is 9.59 Å². The summed E-state index contributed by atoms with van der Waals surface area (Å²) in [5.74, 6) is -1.08. The van der Waals surface area contributed by atoms with E-state index in [1.807, 2.05) is 44.2 Å². The van der Waals surface area contributed by atoms with Gasteiger partial charge in [0.15, 0.2) is 6.61 Å². The second-order valence-corrected chi connectivity index (χ2v) is 6.11. The van der Waals surface area contributed by atoms with Crippen molar-refractivity contribution in [3.63, 3.8) is 0 Å². The molecule has 3 rings (SSSR count). The Labute approximate surface area is 149 Å². The maximum absolute atomic E-state index is 12.2. The van der Waals surface area contributed by atoms with Gasteiger partial charge in [0.25, 0.3) is 5.91 Å². The Bertz CT molecular complexity index is 962. The van der Waals surface area contributed by atoms with Gasteiger partial charge in [0.05, 0.1) is 5.02 Å². The average Bonchev–Trinajstić information content (AvgIpc) is 2.94. The molecule has 0 spiro atoms. The lowest BCUT2D eigenvalue weighted by Crippen LogP contribution is -2.21. The Balaban J connectivity index is 1.66. The molecule has 0 aliphatic heterocycles. The molecule has 5 nitrogen and oxygen atoms in total. The number of carbonyl (C=O) groups excluding carboxylic acids is 2. The molecule has 0 bridgehead atoms. The Kier molecular flexibility index (Phi) is 4.76. The number of halogens is 1. The van der Waals surface area contributed by atoms with Crippen molar-refractivity contribution in [1.82, 2.24) is 4.98 Å². The van der Waals surface area contributed by atoms with Gasteiger partial charge in [-0.3, -0.25) is 4.79 Å². The highest BCUT2D eigenvalue weighted by Crippen LogP contribution is 2.27. The quantitative estimate of drug-likeness (QED) is 0.687. The van der Waals surface area contributed by atoms with Gasteiger partial charge < -0.3 is 15.0 Å².